The van der Waals surface area contributed by atoms with Crippen molar-refractivity contribution in [3.8, 4) is 0 Å². The van der Waals surface area contributed by atoms with E-state index in [4.69, 9.17) is 4.42 Å². The fourth-order valence-corrected chi connectivity index (χ4v) is 2.84. The number of hydrogen-bond donors (Lipinski definition) is 0. The molecule has 0 aromatic carbocycles. The average Bonchev–Trinajstić information content (AvgIpc) is 2.74. The Bertz CT molecular complexity index is 425. The highest BCUT2D eigenvalue weighted by atomic mass is 79.9. The summed E-state index contributed by atoms with van der Waals surface area (Å²) >= 11 is 3.22. The summed E-state index contributed by atoms with van der Waals surface area (Å²) in [6, 6.07) is 3.48. The van der Waals surface area contributed by atoms with Crippen molar-refractivity contribution in [2.24, 2.45) is 11.3 Å². The number of hydrogen-bond acceptors (Lipinski definition) is 2. The van der Waals surface area contributed by atoms with Crippen LogP contribution in [0.3, 0.4) is 0 Å². The molecule has 18 heavy (non-hydrogen) atoms. The molecule has 2 heterocycles. The molecule has 3 nitrogen and oxygen atoms in total. The minimum Gasteiger partial charge on any atom is -0.444 e. The minimum atomic E-state index is 0.00746. The van der Waals surface area contributed by atoms with Crippen molar-refractivity contribution in [1.29, 1.82) is 0 Å². The molecule has 1 aliphatic heterocycles. The number of piperidine rings is 1. The molecular formula is C14H20BrNO2. The highest BCUT2D eigenvalue weighted by molar-refractivity contribution is 9.10. The van der Waals surface area contributed by atoms with E-state index in [-0.39, 0.29) is 5.91 Å². The van der Waals surface area contributed by atoms with Crippen molar-refractivity contribution >= 4 is 21.8 Å². The maximum Gasteiger partial charge on any atom is 0.289 e. The van der Waals surface area contributed by atoms with E-state index in [1.165, 1.54) is 0 Å². The molecule has 4 heteroatoms. The number of rotatable bonds is 1. The van der Waals surface area contributed by atoms with Gasteiger partial charge in [-0.15, -0.1) is 0 Å². The molecule has 0 bridgehead atoms. The van der Waals surface area contributed by atoms with Gasteiger partial charge in [0.15, 0.2) is 10.4 Å². The molecule has 0 spiro atoms. The number of furan rings is 1. The molecule has 2 rings (SSSR count). The second kappa shape index (κ2) is 5.08. The van der Waals surface area contributed by atoms with Crippen LogP contribution in [0.15, 0.2) is 21.2 Å². The first-order chi connectivity index (χ1) is 8.38. The molecule has 1 aliphatic rings. The van der Waals surface area contributed by atoms with Gasteiger partial charge in [-0.05, 0) is 52.2 Å². The van der Waals surface area contributed by atoms with Gasteiger partial charge in [0.05, 0.1) is 0 Å². The van der Waals surface area contributed by atoms with Crippen molar-refractivity contribution in [3.63, 3.8) is 0 Å². The van der Waals surface area contributed by atoms with E-state index in [1.807, 2.05) is 4.90 Å². The average molecular weight is 314 g/mol. The van der Waals surface area contributed by atoms with Crippen molar-refractivity contribution < 1.29 is 9.21 Å². The van der Waals surface area contributed by atoms with Crippen molar-refractivity contribution in [2.45, 2.75) is 33.6 Å². The predicted molar refractivity (Wildman–Crippen MR) is 74.5 cm³/mol. The van der Waals surface area contributed by atoms with Crippen molar-refractivity contribution in [3.05, 3.63) is 22.6 Å². The SMILES string of the molecule is CC(C)(C)C1CCN(C(=O)c2ccc(Br)o2)CC1. The lowest BCUT2D eigenvalue weighted by Gasteiger charge is -2.38. The molecule has 0 saturated carbocycles. The number of amides is 1. The maximum absolute atomic E-state index is 12.2. The molecule has 0 aliphatic carbocycles. The standard InChI is InChI=1S/C14H20BrNO2/c1-14(2,3)10-6-8-16(9-7-10)13(17)11-4-5-12(15)18-11/h4-5,10H,6-9H2,1-3H3. The largest absolute Gasteiger partial charge is 0.444 e. The highest BCUT2D eigenvalue weighted by Crippen LogP contribution is 2.34. The first-order valence-electron chi connectivity index (χ1n) is 6.42. The van der Waals surface area contributed by atoms with Crippen LogP contribution in [-0.2, 0) is 0 Å². The van der Waals surface area contributed by atoms with E-state index in [2.05, 4.69) is 36.7 Å². The third-order valence-electron chi connectivity index (χ3n) is 3.79. The van der Waals surface area contributed by atoms with Crippen molar-refractivity contribution in [2.75, 3.05) is 13.1 Å². The number of halogens is 1. The van der Waals surface area contributed by atoms with Crippen LogP contribution in [0.25, 0.3) is 0 Å². The Morgan fingerprint density at radius 3 is 2.39 bits per heavy atom. The van der Waals surface area contributed by atoms with Gasteiger partial charge in [-0.2, -0.15) is 0 Å². The van der Waals surface area contributed by atoms with Gasteiger partial charge in [0, 0.05) is 13.1 Å². The lowest BCUT2D eigenvalue weighted by molar-refractivity contribution is 0.0578. The Kier molecular flexibility index (Phi) is 3.85. The van der Waals surface area contributed by atoms with Crippen LogP contribution in [-0.4, -0.2) is 23.9 Å². The first-order valence-corrected chi connectivity index (χ1v) is 7.22. The van der Waals surface area contributed by atoms with Gasteiger partial charge in [-0.1, -0.05) is 20.8 Å². The zero-order chi connectivity index (χ0) is 13.3. The third kappa shape index (κ3) is 2.97. The smallest absolute Gasteiger partial charge is 0.289 e. The summed E-state index contributed by atoms with van der Waals surface area (Å²) in [6.07, 6.45) is 2.16. The number of likely N-dealkylation sites (tertiary alicyclic amines) is 1. The van der Waals surface area contributed by atoms with Crippen LogP contribution in [0.1, 0.15) is 44.2 Å². The normalized spacial score (nSPS) is 18.1. The van der Waals surface area contributed by atoms with Crippen LogP contribution >= 0.6 is 15.9 Å². The van der Waals surface area contributed by atoms with Gasteiger partial charge >= 0.3 is 0 Å². The van der Waals surface area contributed by atoms with Gasteiger partial charge in [-0.25, -0.2) is 0 Å². The van der Waals surface area contributed by atoms with Gasteiger partial charge in [0.1, 0.15) is 0 Å². The number of carbonyl (C=O) groups is 1. The van der Waals surface area contributed by atoms with Gasteiger partial charge in [-0.3, -0.25) is 4.79 Å². The first kappa shape index (κ1) is 13.7. The van der Waals surface area contributed by atoms with Crippen LogP contribution in [0, 0.1) is 11.3 Å². The summed E-state index contributed by atoms with van der Waals surface area (Å²) in [4.78, 5) is 14.1. The molecule has 100 valence electrons. The fraction of sp³-hybridized carbons (Fsp3) is 0.643. The highest BCUT2D eigenvalue weighted by Gasteiger charge is 2.31. The maximum atomic E-state index is 12.2. The van der Waals surface area contributed by atoms with Crippen LogP contribution in [0.2, 0.25) is 0 Å². The minimum absolute atomic E-state index is 0.00746. The number of carbonyl (C=O) groups excluding carboxylic acids is 1. The summed E-state index contributed by atoms with van der Waals surface area (Å²) < 4.78 is 5.92. The zero-order valence-corrected chi connectivity index (χ0v) is 12.8. The molecule has 1 amide bonds. The predicted octanol–water partition coefficient (Wildman–Crippen LogP) is 3.94. The topological polar surface area (TPSA) is 33.5 Å². The second-order valence-electron chi connectivity index (χ2n) is 6.04. The van der Waals surface area contributed by atoms with E-state index >= 15 is 0 Å². The van der Waals surface area contributed by atoms with Crippen LogP contribution in [0.5, 0.6) is 0 Å². The van der Waals surface area contributed by atoms with Crippen LogP contribution < -0.4 is 0 Å². The van der Waals surface area contributed by atoms with E-state index in [0.29, 0.717) is 21.8 Å². The van der Waals surface area contributed by atoms with Gasteiger partial charge in [0.25, 0.3) is 5.91 Å². The van der Waals surface area contributed by atoms with Crippen LogP contribution in [0.4, 0.5) is 0 Å². The molecular weight excluding hydrogens is 294 g/mol. The Morgan fingerprint density at radius 1 is 1.33 bits per heavy atom. The zero-order valence-electron chi connectivity index (χ0n) is 11.2. The van der Waals surface area contributed by atoms with E-state index in [1.54, 1.807) is 12.1 Å². The molecule has 0 N–H and O–H groups in total. The van der Waals surface area contributed by atoms with E-state index in [0.717, 1.165) is 25.9 Å². The summed E-state index contributed by atoms with van der Waals surface area (Å²) in [5.41, 5.74) is 0.336. The summed E-state index contributed by atoms with van der Waals surface area (Å²) in [6.45, 7) is 8.49. The molecule has 1 fully saturated rings. The molecule has 0 radical (unpaired) electrons. The van der Waals surface area contributed by atoms with Gasteiger partial charge < -0.3 is 9.32 Å². The summed E-state index contributed by atoms with van der Waals surface area (Å²) in [5.74, 6) is 1.13. The monoisotopic (exact) mass is 313 g/mol. The fourth-order valence-electron chi connectivity index (χ4n) is 2.53. The Hall–Kier alpha value is -0.770. The third-order valence-corrected chi connectivity index (χ3v) is 4.22. The summed E-state index contributed by atoms with van der Waals surface area (Å²) in [7, 11) is 0. The molecule has 0 atom stereocenters. The lowest BCUT2D eigenvalue weighted by Crippen LogP contribution is -2.41. The molecule has 1 aromatic rings. The lowest BCUT2D eigenvalue weighted by atomic mass is 9.75. The number of nitrogens with zero attached hydrogens (tertiary/aromatic N) is 1. The molecule has 1 saturated heterocycles. The second-order valence-corrected chi connectivity index (χ2v) is 6.82. The van der Waals surface area contributed by atoms with E-state index in [9.17, 15) is 4.79 Å². The quantitative estimate of drug-likeness (QED) is 0.786. The van der Waals surface area contributed by atoms with E-state index < -0.39 is 0 Å². The van der Waals surface area contributed by atoms with Crippen molar-refractivity contribution in [1.82, 2.24) is 4.90 Å². The Morgan fingerprint density at radius 2 is 1.94 bits per heavy atom. The van der Waals surface area contributed by atoms with Gasteiger partial charge in [0.2, 0.25) is 0 Å². The summed E-state index contributed by atoms with van der Waals surface area (Å²) in [5, 5.41) is 0. The Labute approximate surface area is 117 Å². The Balaban J connectivity index is 1.96. The molecule has 1 aromatic heterocycles. The molecule has 0 unspecified atom stereocenters.